The number of nitrogens with zero attached hydrogens (tertiary/aromatic N) is 2. The minimum Gasteiger partial charge on any atom is -0.300 e. The fourth-order valence-corrected chi connectivity index (χ4v) is 4.59. The van der Waals surface area contributed by atoms with Gasteiger partial charge < -0.3 is 0 Å². The van der Waals surface area contributed by atoms with Crippen molar-refractivity contribution in [3.8, 4) is 0 Å². The van der Waals surface area contributed by atoms with E-state index in [0.717, 1.165) is 0 Å². The van der Waals surface area contributed by atoms with Crippen molar-refractivity contribution in [2.75, 3.05) is 31.9 Å². The molecule has 1 aromatic carbocycles. The molecule has 3 heteroatoms. The van der Waals surface area contributed by atoms with E-state index in [2.05, 4.69) is 47.9 Å². The van der Waals surface area contributed by atoms with Crippen molar-refractivity contribution in [3.05, 3.63) is 29.8 Å². The van der Waals surface area contributed by atoms with E-state index in [1.54, 1.807) is 5.56 Å². The highest BCUT2D eigenvalue weighted by atomic mass is 32.2. The maximum Gasteiger partial charge on any atom is 0.0367 e. The molecule has 2 aliphatic heterocycles. The fourth-order valence-electron chi connectivity index (χ4n) is 3.49. The van der Waals surface area contributed by atoms with Crippen molar-refractivity contribution >= 4 is 11.8 Å². The summed E-state index contributed by atoms with van der Waals surface area (Å²) in [6.07, 6.45) is 2.62. The van der Waals surface area contributed by atoms with Crippen LogP contribution in [0, 0.1) is 0 Å². The van der Waals surface area contributed by atoms with E-state index >= 15 is 0 Å². The van der Waals surface area contributed by atoms with E-state index in [4.69, 9.17) is 0 Å². The molecule has 20 heavy (non-hydrogen) atoms. The molecule has 2 nitrogen and oxygen atoms in total. The largest absolute Gasteiger partial charge is 0.300 e. The van der Waals surface area contributed by atoms with Crippen LogP contribution in [0.15, 0.2) is 29.2 Å². The Morgan fingerprint density at radius 3 is 2.80 bits per heavy atom. The number of rotatable bonds is 2. The quantitative estimate of drug-likeness (QED) is 0.821. The van der Waals surface area contributed by atoms with Gasteiger partial charge >= 0.3 is 0 Å². The van der Waals surface area contributed by atoms with Crippen LogP contribution in [0.4, 0.5) is 0 Å². The van der Waals surface area contributed by atoms with Gasteiger partial charge in [-0.2, -0.15) is 0 Å². The lowest BCUT2D eigenvalue weighted by Crippen LogP contribution is -2.37. The molecule has 1 saturated heterocycles. The van der Waals surface area contributed by atoms with Gasteiger partial charge in [-0.25, -0.2) is 0 Å². The molecule has 110 valence electrons. The van der Waals surface area contributed by atoms with E-state index in [1.165, 1.54) is 49.7 Å². The van der Waals surface area contributed by atoms with Crippen LogP contribution in [-0.2, 0) is 0 Å². The zero-order chi connectivity index (χ0) is 13.9. The number of hydrogen-bond acceptors (Lipinski definition) is 3. The minimum absolute atomic E-state index is 0.652. The monoisotopic (exact) mass is 290 g/mol. The second kappa shape index (κ2) is 6.50. The summed E-state index contributed by atoms with van der Waals surface area (Å²) in [6, 6.07) is 10.4. The standard InChI is InChI=1S/C17H26N2S/c1-14(2)18-9-5-10-19(12-11-18)16-8-13-20-17-7-4-3-6-15(16)17/h3-4,6-7,14,16H,5,8-13H2,1-2H3. The number of fused-ring (bicyclic) bond motifs is 1. The summed E-state index contributed by atoms with van der Waals surface area (Å²) < 4.78 is 0. The third-order valence-corrected chi connectivity index (χ3v) is 5.79. The third kappa shape index (κ3) is 3.05. The zero-order valence-corrected chi connectivity index (χ0v) is 13.5. The first-order chi connectivity index (χ1) is 9.75. The van der Waals surface area contributed by atoms with Crippen LogP contribution in [-0.4, -0.2) is 47.8 Å². The van der Waals surface area contributed by atoms with Gasteiger partial charge in [0.15, 0.2) is 0 Å². The van der Waals surface area contributed by atoms with E-state index in [-0.39, 0.29) is 0 Å². The Labute approximate surface area is 127 Å². The van der Waals surface area contributed by atoms with Crippen LogP contribution in [0.1, 0.15) is 38.3 Å². The van der Waals surface area contributed by atoms with Gasteiger partial charge in [-0.15, -0.1) is 11.8 Å². The molecular formula is C17H26N2S. The van der Waals surface area contributed by atoms with Crippen molar-refractivity contribution < 1.29 is 0 Å². The highest BCUT2D eigenvalue weighted by Crippen LogP contribution is 2.39. The van der Waals surface area contributed by atoms with Gasteiger partial charge in [0, 0.05) is 36.6 Å². The molecule has 1 aromatic rings. The number of thioether (sulfide) groups is 1. The van der Waals surface area contributed by atoms with Crippen LogP contribution in [0.5, 0.6) is 0 Å². The van der Waals surface area contributed by atoms with Crippen molar-refractivity contribution in [2.24, 2.45) is 0 Å². The number of hydrogen-bond donors (Lipinski definition) is 0. The summed E-state index contributed by atoms with van der Waals surface area (Å²) in [4.78, 5) is 6.87. The summed E-state index contributed by atoms with van der Waals surface area (Å²) in [5.74, 6) is 1.27. The van der Waals surface area contributed by atoms with Gasteiger partial charge in [-0.05, 0) is 50.6 Å². The van der Waals surface area contributed by atoms with E-state index in [0.29, 0.717) is 12.1 Å². The Hall–Kier alpha value is -0.510. The van der Waals surface area contributed by atoms with E-state index in [1.807, 2.05) is 11.8 Å². The molecule has 3 rings (SSSR count). The Morgan fingerprint density at radius 1 is 1.10 bits per heavy atom. The summed E-state index contributed by atoms with van der Waals surface area (Å²) in [6.45, 7) is 9.61. The van der Waals surface area contributed by atoms with E-state index < -0.39 is 0 Å². The SMILES string of the molecule is CC(C)N1CCCN(C2CCSc3ccccc32)CC1. The van der Waals surface area contributed by atoms with Crippen LogP contribution in [0.25, 0.3) is 0 Å². The summed E-state index contributed by atoms with van der Waals surface area (Å²) in [7, 11) is 0. The molecule has 0 bridgehead atoms. The predicted molar refractivity (Wildman–Crippen MR) is 87.4 cm³/mol. The summed E-state index contributed by atoms with van der Waals surface area (Å²) >= 11 is 2.03. The van der Waals surface area contributed by atoms with Crippen molar-refractivity contribution in [1.82, 2.24) is 9.80 Å². The van der Waals surface area contributed by atoms with Gasteiger partial charge in [0.05, 0.1) is 0 Å². The highest BCUT2D eigenvalue weighted by molar-refractivity contribution is 7.99. The minimum atomic E-state index is 0.652. The molecule has 1 atom stereocenters. The zero-order valence-electron chi connectivity index (χ0n) is 12.7. The first-order valence-electron chi connectivity index (χ1n) is 7.95. The Bertz CT molecular complexity index is 446. The Balaban J connectivity index is 1.74. The molecule has 0 amide bonds. The van der Waals surface area contributed by atoms with Gasteiger partial charge in [0.2, 0.25) is 0 Å². The Kier molecular flexibility index (Phi) is 4.69. The van der Waals surface area contributed by atoms with E-state index in [9.17, 15) is 0 Å². The first kappa shape index (κ1) is 14.4. The van der Waals surface area contributed by atoms with Gasteiger partial charge in [0.25, 0.3) is 0 Å². The Morgan fingerprint density at radius 2 is 1.95 bits per heavy atom. The number of benzene rings is 1. The molecule has 0 N–H and O–H groups in total. The van der Waals surface area contributed by atoms with Crippen LogP contribution >= 0.6 is 11.8 Å². The lowest BCUT2D eigenvalue weighted by Gasteiger charge is -2.35. The van der Waals surface area contributed by atoms with Crippen LogP contribution in [0.2, 0.25) is 0 Å². The second-order valence-corrected chi connectivity index (χ2v) is 7.35. The molecule has 1 unspecified atom stereocenters. The molecule has 1 fully saturated rings. The van der Waals surface area contributed by atoms with Crippen LogP contribution < -0.4 is 0 Å². The predicted octanol–water partition coefficient (Wildman–Crippen LogP) is 3.64. The molecular weight excluding hydrogens is 264 g/mol. The summed E-state index contributed by atoms with van der Waals surface area (Å²) in [5, 5.41) is 0. The lowest BCUT2D eigenvalue weighted by molar-refractivity contribution is 0.181. The topological polar surface area (TPSA) is 6.48 Å². The normalized spacial score (nSPS) is 25.4. The maximum absolute atomic E-state index is 2.74. The molecule has 0 spiro atoms. The maximum atomic E-state index is 2.74. The highest BCUT2D eigenvalue weighted by Gasteiger charge is 2.27. The third-order valence-electron chi connectivity index (χ3n) is 4.66. The van der Waals surface area contributed by atoms with Crippen molar-refractivity contribution in [3.63, 3.8) is 0 Å². The molecule has 2 aliphatic rings. The van der Waals surface area contributed by atoms with Crippen molar-refractivity contribution in [2.45, 2.75) is 43.7 Å². The van der Waals surface area contributed by atoms with Gasteiger partial charge in [-0.1, -0.05) is 18.2 Å². The fraction of sp³-hybridized carbons (Fsp3) is 0.647. The molecule has 0 aromatic heterocycles. The summed E-state index contributed by atoms with van der Waals surface area (Å²) in [5.41, 5.74) is 1.57. The molecule has 0 saturated carbocycles. The molecule has 2 heterocycles. The lowest BCUT2D eigenvalue weighted by atomic mass is 10.0. The average Bonchev–Trinajstić information content (AvgIpc) is 2.72. The van der Waals surface area contributed by atoms with Gasteiger partial charge in [-0.3, -0.25) is 9.80 Å². The van der Waals surface area contributed by atoms with Crippen molar-refractivity contribution in [1.29, 1.82) is 0 Å². The molecule has 0 aliphatic carbocycles. The van der Waals surface area contributed by atoms with Gasteiger partial charge in [0.1, 0.15) is 0 Å². The first-order valence-corrected chi connectivity index (χ1v) is 8.94. The smallest absolute Gasteiger partial charge is 0.0367 e. The second-order valence-electron chi connectivity index (χ2n) is 6.21. The van der Waals surface area contributed by atoms with Crippen LogP contribution in [0.3, 0.4) is 0 Å². The molecule has 0 radical (unpaired) electrons. The average molecular weight is 290 g/mol.